The summed E-state index contributed by atoms with van der Waals surface area (Å²) in [6, 6.07) is 13.7. The molecular weight excluding hydrogens is 252 g/mol. The summed E-state index contributed by atoms with van der Waals surface area (Å²) in [4.78, 5) is 4.28. The molecule has 0 radical (unpaired) electrons. The Morgan fingerprint density at radius 2 is 1.80 bits per heavy atom. The van der Waals surface area contributed by atoms with Gasteiger partial charge in [-0.15, -0.1) is 0 Å². The van der Waals surface area contributed by atoms with Crippen molar-refractivity contribution < 1.29 is 0 Å². The zero-order valence-corrected chi connectivity index (χ0v) is 9.68. The van der Waals surface area contributed by atoms with Crippen LogP contribution in [-0.2, 0) is 0 Å². The Balaban J connectivity index is 2.29. The molecule has 1 heterocycles. The monoisotopic (exact) mass is 262 g/mol. The lowest BCUT2D eigenvalue weighted by atomic mass is 10.0. The smallest absolute Gasteiger partial charge is 0.0726 e. The molecule has 0 amide bonds. The molecule has 2 aromatic rings. The number of benzene rings is 1. The molecule has 0 saturated carbocycles. The molecule has 0 aliphatic carbocycles. The van der Waals surface area contributed by atoms with Crippen molar-refractivity contribution in [3.8, 4) is 0 Å². The minimum absolute atomic E-state index is 0.153. The summed E-state index contributed by atoms with van der Waals surface area (Å²) in [7, 11) is 0. The zero-order valence-electron chi connectivity index (χ0n) is 8.10. The van der Waals surface area contributed by atoms with Gasteiger partial charge in [-0.2, -0.15) is 0 Å². The van der Waals surface area contributed by atoms with Gasteiger partial charge in [-0.1, -0.05) is 30.3 Å². The first-order valence-corrected chi connectivity index (χ1v) is 5.48. The molecule has 0 unspecified atom stereocenters. The van der Waals surface area contributed by atoms with Gasteiger partial charge in [-0.25, -0.2) is 0 Å². The molecule has 15 heavy (non-hydrogen) atoms. The normalized spacial score (nSPS) is 12.4. The van der Waals surface area contributed by atoms with Crippen molar-refractivity contribution in [1.82, 2.24) is 4.98 Å². The van der Waals surface area contributed by atoms with Crippen molar-refractivity contribution >= 4 is 15.9 Å². The van der Waals surface area contributed by atoms with E-state index in [4.69, 9.17) is 5.73 Å². The minimum Gasteiger partial charge on any atom is -0.319 e. The third kappa shape index (κ3) is 2.43. The van der Waals surface area contributed by atoms with Crippen molar-refractivity contribution in [3.05, 3.63) is 64.4 Å². The summed E-state index contributed by atoms with van der Waals surface area (Å²) in [5, 5.41) is 0. The first-order valence-electron chi connectivity index (χ1n) is 4.69. The van der Waals surface area contributed by atoms with Gasteiger partial charge < -0.3 is 5.73 Å². The van der Waals surface area contributed by atoms with Crippen LogP contribution in [0.5, 0.6) is 0 Å². The summed E-state index contributed by atoms with van der Waals surface area (Å²) < 4.78 is 0.964. The maximum absolute atomic E-state index is 6.09. The Morgan fingerprint density at radius 3 is 2.40 bits per heavy atom. The van der Waals surface area contributed by atoms with E-state index in [0.29, 0.717) is 0 Å². The van der Waals surface area contributed by atoms with Crippen LogP contribution >= 0.6 is 15.9 Å². The van der Waals surface area contributed by atoms with E-state index < -0.39 is 0 Å². The minimum atomic E-state index is -0.153. The van der Waals surface area contributed by atoms with Gasteiger partial charge in [-0.05, 0) is 33.6 Å². The second kappa shape index (κ2) is 4.55. The van der Waals surface area contributed by atoms with Gasteiger partial charge >= 0.3 is 0 Å². The highest BCUT2D eigenvalue weighted by molar-refractivity contribution is 9.10. The van der Waals surface area contributed by atoms with Crippen LogP contribution in [0.15, 0.2) is 53.1 Å². The summed E-state index contributed by atoms with van der Waals surface area (Å²) >= 11 is 3.35. The van der Waals surface area contributed by atoms with Crippen LogP contribution in [0.3, 0.4) is 0 Å². The highest BCUT2D eigenvalue weighted by atomic mass is 79.9. The lowest BCUT2D eigenvalue weighted by Crippen LogP contribution is -2.13. The molecule has 2 N–H and O–H groups in total. The SMILES string of the molecule is N[C@H](c1ccccc1)c1ccc(Br)cn1. The van der Waals surface area contributed by atoms with Crippen LogP contribution in [0.1, 0.15) is 17.3 Å². The number of hydrogen-bond acceptors (Lipinski definition) is 2. The van der Waals surface area contributed by atoms with Gasteiger partial charge in [-0.3, -0.25) is 4.98 Å². The van der Waals surface area contributed by atoms with Gasteiger partial charge in [0.2, 0.25) is 0 Å². The van der Waals surface area contributed by atoms with Crippen molar-refractivity contribution in [1.29, 1.82) is 0 Å². The largest absolute Gasteiger partial charge is 0.319 e. The Bertz CT molecular complexity index is 425. The molecule has 0 fully saturated rings. The predicted octanol–water partition coefficient (Wildman–Crippen LogP) is 2.89. The van der Waals surface area contributed by atoms with Crippen molar-refractivity contribution in [2.24, 2.45) is 5.73 Å². The van der Waals surface area contributed by atoms with Gasteiger partial charge in [0, 0.05) is 10.7 Å². The van der Waals surface area contributed by atoms with Crippen LogP contribution in [0.4, 0.5) is 0 Å². The molecule has 0 saturated heterocycles. The van der Waals surface area contributed by atoms with E-state index in [-0.39, 0.29) is 6.04 Å². The topological polar surface area (TPSA) is 38.9 Å². The molecule has 1 aromatic carbocycles. The second-order valence-corrected chi connectivity index (χ2v) is 4.21. The van der Waals surface area contributed by atoms with Gasteiger partial charge in [0.05, 0.1) is 11.7 Å². The number of hydrogen-bond donors (Lipinski definition) is 1. The van der Waals surface area contributed by atoms with Crippen LogP contribution in [0.2, 0.25) is 0 Å². The number of pyridine rings is 1. The number of nitrogens with zero attached hydrogens (tertiary/aromatic N) is 1. The first-order chi connectivity index (χ1) is 7.27. The Kier molecular flexibility index (Phi) is 3.14. The second-order valence-electron chi connectivity index (χ2n) is 3.29. The summed E-state index contributed by atoms with van der Waals surface area (Å²) in [6.07, 6.45) is 1.76. The third-order valence-corrected chi connectivity index (χ3v) is 2.70. The lowest BCUT2D eigenvalue weighted by Gasteiger charge is -2.10. The molecule has 3 heteroatoms. The molecule has 76 valence electrons. The highest BCUT2D eigenvalue weighted by Gasteiger charge is 2.08. The standard InChI is InChI=1S/C12H11BrN2/c13-10-6-7-11(15-8-10)12(14)9-4-2-1-3-5-9/h1-8,12H,14H2/t12-/m1/s1. The zero-order chi connectivity index (χ0) is 10.7. The summed E-state index contributed by atoms with van der Waals surface area (Å²) in [6.45, 7) is 0. The fourth-order valence-electron chi connectivity index (χ4n) is 1.40. The molecule has 2 rings (SSSR count). The van der Waals surface area contributed by atoms with E-state index in [1.807, 2.05) is 42.5 Å². The van der Waals surface area contributed by atoms with Crippen molar-refractivity contribution in [3.63, 3.8) is 0 Å². The molecule has 1 atom stereocenters. The van der Waals surface area contributed by atoms with Gasteiger partial charge in [0.25, 0.3) is 0 Å². The van der Waals surface area contributed by atoms with E-state index in [0.717, 1.165) is 15.7 Å². The number of halogens is 1. The number of nitrogens with two attached hydrogens (primary N) is 1. The van der Waals surface area contributed by atoms with E-state index in [9.17, 15) is 0 Å². The molecule has 2 nitrogen and oxygen atoms in total. The highest BCUT2D eigenvalue weighted by Crippen LogP contribution is 2.18. The molecular formula is C12H11BrN2. The molecule has 0 aliphatic rings. The molecule has 0 spiro atoms. The molecule has 0 aliphatic heterocycles. The van der Waals surface area contributed by atoms with E-state index in [1.165, 1.54) is 0 Å². The van der Waals surface area contributed by atoms with E-state index >= 15 is 0 Å². The Labute approximate surface area is 97.3 Å². The van der Waals surface area contributed by atoms with Crippen molar-refractivity contribution in [2.75, 3.05) is 0 Å². The average molecular weight is 263 g/mol. The first kappa shape index (κ1) is 10.3. The van der Waals surface area contributed by atoms with Crippen LogP contribution < -0.4 is 5.73 Å². The number of rotatable bonds is 2. The summed E-state index contributed by atoms with van der Waals surface area (Å²) in [5.74, 6) is 0. The van der Waals surface area contributed by atoms with E-state index in [2.05, 4.69) is 20.9 Å². The van der Waals surface area contributed by atoms with Gasteiger partial charge in [0.15, 0.2) is 0 Å². The van der Waals surface area contributed by atoms with Crippen LogP contribution in [-0.4, -0.2) is 4.98 Å². The van der Waals surface area contributed by atoms with Crippen molar-refractivity contribution in [2.45, 2.75) is 6.04 Å². The molecule has 0 bridgehead atoms. The molecule has 1 aromatic heterocycles. The maximum Gasteiger partial charge on any atom is 0.0726 e. The average Bonchev–Trinajstić information content (AvgIpc) is 2.30. The summed E-state index contributed by atoms with van der Waals surface area (Å²) in [5.41, 5.74) is 8.04. The lowest BCUT2D eigenvalue weighted by molar-refractivity contribution is 0.828. The third-order valence-electron chi connectivity index (χ3n) is 2.23. The Hall–Kier alpha value is -1.19. The van der Waals surface area contributed by atoms with Gasteiger partial charge in [0.1, 0.15) is 0 Å². The maximum atomic E-state index is 6.09. The quantitative estimate of drug-likeness (QED) is 0.904. The fourth-order valence-corrected chi connectivity index (χ4v) is 1.64. The fraction of sp³-hybridized carbons (Fsp3) is 0.0833. The van der Waals surface area contributed by atoms with Crippen LogP contribution in [0, 0.1) is 0 Å². The predicted molar refractivity (Wildman–Crippen MR) is 64.4 cm³/mol. The Morgan fingerprint density at radius 1 is 1.07 bits per heavy atom. The number of aromatic nitrogens is 1. The van der Waals surface area contributed by atoms with Crippen LogP contribution in [0.25, 0.3) is 0 Å². The van der Waals surface area contributed by atoms with E-state index in [1.54, 1.807) is 6.20 Å².